The maximum Gasteiger partial charge on any atom is 0.461 e. The fraction of sp³-hybridized carbons (Fsp3) is 0.188. The molecule has 0 unspecified atom stereocenters. The summed E-state index contributed by atoms with van der Waals surface area (Å²) in [5.41, 5.74) is -0.273. The van der Waals surface area contributed by atoms with E-state index in [1.54, 1.807) is 6.07 Å². The summed E-state index contributed by atoms with van der Waals surface area (Å²) in [6, 6.07) is 9.12. The van der Waals surface area contributed by atoms with Gasteiger partial charge in [0, 0.05) is 18.0 Å². The average molecular weight is 406 g/mol. The lowest BCUT2D eigenvalue weighted by Gasteiger charge is -2.34. The number of halogens is 6. The minimum Gasteiger partial charge on any atom is -0.380 e. The van der Waals surface area contributed by atoms with Gasteiger partial charge in [-0.15, -0.1) is 0 Å². The van der Waals surface area contributed by atoms with Crippen molar-refractivity contribution in [2.75, 3.05) is 0 Å². The van der Waals surface area contributed by atoms with E-state index in [4.69, 9.17) is 5.73 Å². The average Bonchev–Trinajstić information content (AvgIpc) is 2.64. The molecule has 0 fully saturated rings. The molecular formula is C16H12F6N4O2. The van der Waals surface area contributed by atoms with Crippen LogP contribution in [-0.2, 0) is 4.84 Å². The van der Waals surface area contributed by atoms with Gasteiger partial charge in [0.25, 0.3) is 5.91 Å². The Balaban J connectivity index is 2.45. The predicted molar refractivity (Wildman–Crippen MR) is 84.8 cm³/mol. The summed E-state index contributed by atoms with van der Waals surface area (Å²) in [5.74, 6) is -2.48. The van der Waals surface area contributed by atoms with E-state index >= 15 is 0 Å². The van der Waals surface area contributed by atoms with Gasteiger partial charge in [-0.25, -0.2) is 0 Å². The standard InChI is InChI=1S/C16H12F6N4O2/c17-15(18,19)14(16(20,21)22,25-13(27)11-7-4-8-24-9-11)28-26-12(23)10-5-2-1-3-6-10/h1-9H,(H2,23,26)(H,25,27). The van der Waals surface area contributed by atoms with E-state index in [9.17, 15) is 31.1 Å². The number of rotatable bonds is 5. The number of nitrogens with one attached hydrogen (secondary N) is 1. The summed E-state index contributed by atoms with van der Waals surface area (Å²) in [5, 5.41) is 3.59. The zero-order chi connectivity index (χ0) is 21.0. The summed E-state index contributed by atoms with van der Waals surface area (Å²) in [6.07, 6.45) is -10.3. The number of oxime groups is 1. The van der Waals surface area contributed by atoms with Gasteiger partial charge < -0.3 is 10.6 Å². The lowest BCUT2D eigenvalue weighted by molar-refractivity contribution is -0.388. The van der Waals surface area contributed by atoms with E-state index in [-0.39, 0.29) is 5.56 Å². The summed E-state index contributed by atoms with van der Waals surface area (Å²) >= 11 is 0. The van der Waals surface area contributed by atoms with E-state index in [2.05, 4.69) is 15.0 Å². The van der Waals surface area contributed by atoms with Crippen molar-refractivity contribution >= 4 is 11.7 Å². The summed E-state index contributed by atoms with van der Waals surface area (Å²) in [6.45, 7) is 0. The van der Waals surface area contributed by atoms with Gasteiger partial charge in [0.05, 0.1) is 5.56 Å². The Hall–Kier alpha value is -3.31. The molecule has 3 N–H and O–H groups in total. The first-order valence-corrected chi connectivity index (χ1v) is 7.41. The zero-order valence-corrected chi connectivity index (χ0v) is 13.8. The van der Waals surface area contributed by atoms with Crippen LogP contribution >= 0.6 is 0 Å². The summed E-state index contributed by atoms with van der Waals surface area (Å²) in [4.78, 5) is 19.2. The molecule has 0 bridgehead atoms. The molecule has 12 heteroatoms. The highest BCUT2D eigenvalue weighted by Crippen LogP contribution is 2.44. The number of pyridine rings is 1. The van der Waals surface area contributed by atoms with Gasteiger partial charge in [-0.3, -0.25) is 15.1 Å². The third-order valence-corrected chi connectivity index (χ3v) is 3.36. The summed E-state index contributed by atoms with van der Waals surface area (Å²) < 4.78 is 80.5. The Morgan fingerprint density at radius 3 is 2.04 bits per heavy atom. The van der Waals surface area contributed by atoms with E-state index < -0.39 is 35.4 Å². The molecule has 0 atom stereocenters. The van der Waals surface area contributed by atoms with E-state index in [0.29, 0.717) is 0 Å². The highest BCUT2D eigenvalue weighted by atomic mass is 19.4. The van der Waals surface area contributed by atoms with Crippen molar-refractivity contribution in [1.82, 2.24) is 10.3 Å². The number of carbonyl (C=O) groups is 1. The lowest BCUT2D eigenvalue weighted by atomic mass is 10.1. The second kappa shape index (κ2) is 7.74. The molecular weight excluding hydrogens is 394 g/mol. The molecule has 0 spiro atoms. The number of benzene rings is 1. The number of nitrogens with two attached hydrogens (primary N) is 1. The molecule has 28 heavy (non-hydrogen) atoms. The Labute approximate surface area is 154 Å². The molecule has 6 nitrogen and oxygen atoms in total. The van der Waals surface area contributed by atoms with Crippen molar-refractivity contribution in [2.24, 2.45) is 10.9 Å². The molecule has 1 aromatic carbocycles. The van der Waals surface area contributed by atoms with Crippen LogP contribution in [0.5, 0.6) is 0 Å². The van der Waals surface area contributed by atoms with Crippen molar-refractivity contribution in [3.05, 3.63) is 66.0 Å². The first-order valence-electron chi connectivity index (χ1n) is 7.41. The number of hydrogen-bond acceptors (Lipinski definition) is 4. The number of amides is 1. The van der Waals surface area contributed by atoms with Crippen molar-refractivity contribution in [3.8, 4) is 0 Å². The molecule has 1 heterocycles. The van der Waals surface area contributed by atoms with Gasteiger partial charge in [-0.1, -0.05) is 35.5 Å². The number of amidine groups is 1. The van der Waals surface area contributed by atoms with E-state index in [1.807, 2.05) is 0 Å². The minimum absolute atomic E-state index is 0.0133. The molecule has 2 aromatic rings. The predicted octanol–water partition coefficient (Wildman–Crippen LogP) is 2.97. The van der Waals surface area contributed by atoms with Crippen LogP contribution in [0.3, 0.4) is 0 Å². The SMILES string of the molecule is N/C(=N\OC(NC(=O)c1cccnc1)(C(F)(F)F)C(F)(F)F)c1ccccc1. The number of hydrogen-bond donors (Lipinski definition) is 2. The van der Waals surface area contributed by atoms with Crippen LogP contribution in [0.1, 0.15) is 15.9 Å². The first-order chi connectivity index (χ1) is 13.0. The van der Waals surface area contributed by atoms with Gasteiger partial charge in [0.1, 0.15) is 0 Å². The maximum absolute atomic E-state index is 13.4. The van der Waals surface area contributed by atoms with Gasteiger partial charge in [-0.05, 0) is 12.1 Å². The second-order valence-corrected chi connectivity index (χ2v) is 5.31. The Bertz CT molecular complexity index is 824. The van der Waals surface area contributed by atoms with Crippen LogP contribution in [-0.4, -0.2) is 34.8 Å². The van der Waals surface area contributed by atoms with Crippen molar-refractivity contribution in [3.63, 3.8) is 0 Å². The van der Waals surface area contributed by atoms with Crippen LogP contribution < -0.4 is 11.1 Å². The van der Waals surface area contributed by atoms with Gasteiger partial charge in [0.2, 0.25) is 0 Å². The minimum atomic E-state index is -6.12. The van der Waals surface area contributed by atoms with Crippen LogP contribution in [0.4, 0.5) is 26.3 Å². The zero-order valence-electron chi connectivity index (χ0n) is 13.8. The second-order valence-electron chi connectivity index (χ2n) is 5.31. The Morgan fingerprint density at radius 1 is 0.964 bits per heavy atom. The monoisotopic (exact) mass is 406 g/mol. The van der Waals surface area contributed by atoms with Crippen molar-refractivity contribution in [1.29, 1.82) is 0 Å². The quantitative estimate of drug-likeness (QED) is 0.263. The van der Waals surface area contributed by atoms with Crippen LogP contribution in [0, 0.1) is 0 Å². The number of nitrogens with zero attached hydrogens (tertiary/aromatic N) is 2. The van der Waals surface area contributed by atoms with Crippen LogP contribution in [0.25, 0.3) is 0 Å². The fourth-order valence-electron chi connectivity index (χ4n) is 1.94. The largest absolute Gasteiger partial charge is 0.461 e. The van der Waals surface area contributed by atoms with Crippen molar-refractivity contribution < 1.29 is 36.0 Å². The normalized spacial score (nSPS) is 13.1. The van der Waals surface area contributed by atoms with Crippen LogP contribution in [0.15, 0.2) is 60.0 Å². The smallest absolute Gasteiger partial charge is 0.380 e. The number of alkyl halides is 6. The Morgan fingerprint density at radius 2 is 1.54 bits per heavy atom. The third kappa shape index (κ3) is 4.32. The molecule has 1 amide bonds. The topological polar surface area (TPSA) is 89.6 Å². The maximum atomic E-state index is 13.4. The van der Waals surface area contributed by atoms with Gasteiger partial charge in [-0.2, -0.15) is 26.3 Å². The molecule has 150 valence electrons. The van der Waals surface area contributed by atoms with Crippen LogP contribution in [0.2, 0.25) is 0 Å². The highest BCUT2D eigenvalue weighted by molar-refractivity contribution is 5.97. The number of carbonyl (C=O) groups excluding carboxylic acids is 1. The molecule has 0 radical (unpaired) electrons. The molecule has 0 aliphatic rings. The highest BCUT2D eigenvalue weighted by Gasteiger charge is 2.76. The molecule has 1 aromatic heterocycles. The lowest BCUT2D eigenvalue weighted by Crippen LogP contribution is -2.68. The molecule has 0 saturated carbocycles. The Kier molecular flexibility index (Phi) is 5.81. The third-order valence-electron chi connectivity index (χ3n) is 3.36. The fourth-order valence-corrected chi connectivity index (χ4v) is 1.94. The first kappa shape index (κ1) is 21.0. The van der Waals surface area contributed by atoms with E-state index in [0.717, 1.165) is 23.6 Å². The van der Waals surface area contributed by atoms with Crippen molar-refractivity contribution in [2.45, 2.75) is 18.1 Å². The molecule has 0 aliphatic carbocycles. The molecule has 0 saturated heterocycles. The summed E-state index contributed by atoms with van der Waals surface area (Å²) in [7, 11) is 0. The molecule has 0 aliphatic heterocycles. The number of aromatic nitrogens is 1. The van der Waals surface area contributed by atoms with Gasteiger partial charge in [0.15, 0.2) is 5.84 Å². The van der Waals surface area contributed by atoms with E-state index in [1.165, 1.54) is 30.5 Å². The van der Waals surface area contributed by atoms with Gasteiger partial charge >= 0.3 is 18.1 Å². The molecule has 2 rings (SSSR count).